The van der Waals surface area contributed by atoms with Gasteiger partial charge in [-0.3, -0.25) is 4.79 Å². The molecule has 0 aliphatic heterocycles. The van der Waals surface area contributed by atoms with Gasteiger partial charge in [0, 0.05) is 43.5 Å². The van der Waals surface area contributed by atoms with Crippen LogP contribution in [-0.4, -0.2) is 80.6 Å². The molecule has 7 nitrogen and oxygen atoms in total. The molecule has 2 N–H and O–H groups in total. The van der Waals surface area contributed by atoms with Crippen molar-refractivity contribution in [1.29, 1.82) is 0 Å². The molecule has 0 heterocycles. The van der Waals surface area contributed by atoms with Crippen LogP contribution in [0.25, 0.3) is 0 Å². The Labute approximate surface area is 202 Å². The van der Waals surface area contributed by atoms with Crippen molar-refractivity contribution >= 4 is 40.9 Å². The summed E-state index contributed by atoms with van der Waals surface area (Å²) < 4.78 is 5.35. The van der Waals surface area contributed by atoms with Gasteiger partial charge in [-0.25, -0.2) is 4.79 Å². The van der Waals surface area contributed by atoms with Crippen LogP contribution in [0.2, 0.25) is 0 Å². The van der Waals surface area contributed by atoms with E-state index in [4.69, 9.17) is 27.9 Å². The van der Waals surface area contributed by atoms with E-state index < -0.39 is 17.7 Å². The van der Waals surface area contributed by atoms with E-state index in [0.717, 1.165) is 24.2 Å². The van der Waals surface area contributed by atoms with E-state index in [0.29, 0.717) is 37.8 Å². The number of alkyl halides is 2. The number of ether oxygens (including phenoxy) is 1. The normalized spacial score (nSPS) is 12.4. The maximum absolute atomic E-state index is 12.8. The zero-order valence-corrected chi connectivity index (χ0v) is 21.4. The van der Waals surface area contributed by atoms with Crippen LogP contribution in [0.4, 0.5) is 10.5 Å². The van der Waals surface area contributed by atoms with Crippen LogP contribution in [0, 0.1) is 0 Å². The number of alkyl carbamates (subject to hydrolysis) is 1. The minimum Gasteiger partial charge on any atom is -0.444 e. The summed E-state index contributed by atoms with van der Waals surface area (Å²) in [5.41, 5.74) is 1.29. The van der Waals surface area contributed by atoms with Crippen LogP contribution in [0.1, 0.15) is 32.8 Å². The highest BCUT2D eigenvalue weighted by atomic mass is 35.5. The number of hydrogen-bond donors (Lipinski definition) is 2. The van der Waals surface area contributed by atoms with Crippen molar-refractivity contribution in [1.82, 2.24) is 15.5 Å². The van der Waals surface area contributed by atoms with Gasteiger partial charge in [0.2, 0.25) is 5.91 Å². The summed E-state index contributed by atoms with van der Waals surface area (Å²) in [6.07, 6.45) is 0.561. The minimum absolute atomic E-state index is 0.232. The van der Waals surface area contributed by atoms with Gasteiger partial charge in [0.1, 0.15) is 11.6 Å². The zero-order valence-electron chi connectivity index (χ0n) is 19.9. The summed E-state index contributed by atoms with van der Waals surface area (Å²) in [6, 6.07) is 7.13. The first kappa shape index (κ1) is 28.3. The van der Waals surface area contributed by atoms with Crippen LogP contribution < -0.4 is 15.5 Å². The Hall–Kier alpha value is -1.70. The second-order valence-electron chi connectivity index (χ2n) is 8.88. The van der Waals surface area contributed by atoms with Crippen molar-refractivity contribution in [3.63, 3.8) is 0 Å². The molecular formula is C23H38Cl2N4O3. The van der Waals surface area contributed by atoms with Crippen molar-refractivity contribution in [3.8, 4) is 0 Å². The van der Waals surface area contributed by atoms with E-state index in [-0.39, 0.29) is 5.91 Å². The van der Waals surface area contributed by atoms with Crippen molar-refractivity contribution in [2.24, 2.45) is 0 Å². The quantitative estimate of drug-likeness (QED) is 0.328. The topological polar surface area (TPSA) is 73.9 Å². The van der Waals surface area contributed by atoms with E-state index in [1.165, 1.54) is 0 Å². The van der Waals surface area contributed by atoms with Gasteiger partial charge in [-0.05, 0) is 65.5 Å². The van der Waals surface area contributed by atoms with Crippen LogP contribution in [0.3, 0.4) is 0 Å². The molecule has 0 unspecified atom stereocenters. The molecular weight excluding hydrogens is 451 g/mol. The van der Waals surface area contributed by atoms with Gasteiger partial charge in [0.25, 0.3) is 0 Å². The fraction of sp³-hybridized carbons (Fsp3) is 0.652. The smallest absolute Gasteiger partial charge is 0.408 e. The Morgan fingerprint density at radius 3 is 2.12 bits per heavy atom. The lowest BCUT2D eigenvalue weighted by Crippen LogP contribution is -2.49. The first-order valence-electron chi connectivity index (χ1n) is 10.9. The van der Waals surface area contributed by atoms with Crippen LogP contribution in [0.15, 0.2) is 24.3 Å². The lowest BCUT2D eigenvalue weighted by atomic mass is 10.0. The summed E-state index contributed by atoms with van der Waals surface area (Å²) in [6.45, 7) is 8.16. The van der Waals surface area contributed by atoms with Gasteiger partial charge >= 0.3 is 6.09 Å². The Morgan fingerprint density at radius 1 is 1.03 bits per heavy atom. The maximum atomic E-state index is 12.8. The highest BCUT2D eigenvalue weighted by Gasteiger charge is 2.24. The Morgan fingerprint density at radius 2 is 1.62 bits per heavy atom. The third kappa shape index (κ3) is 11.8. The van der Waals surface area contributed by atoms with Crippen molar-refractivity contribution < 1.29 is 14.3 Å². The third-order valence-corrected chi connectivity index (χ3v) is 4.88. The highest BCUT2D eigenvalue weighted by Crippen LogP contribution is 2.17. The summed E-state index contributed by atoms with van der Waals surface area (Å²) in [5.74, 6) is 0.785. The summed E-state index contributed by atoms with van der Waals surface area (Å²) >= 11 is 11.8. The van der Waals surface area contributed by atoms with E-state index in [1.807, 2.05) is 38.4 Å². The number of anilines is 1. The molecule has 1 aromatic rings. The number of carbonyl (C=O) groups is 2. The number of nitrogens with one attached hydrogen (secondary N) is 2. The standard InChI is InChI=1S/C23H38Cl2N4O3/c1-23(2,3)32-22(31)27-20(21(30)26-13-6-14-28(4)5)17-18-7-9-19(10-8-18)29(15-11-24)16-12-25/h7-10,20H,6,11-17H2,1-5H3,(H,26,30)(H,27,31)/t20-/m0/s1. The first-order chi connectivity index (χ1) is 15.1. The lowest BCUT2D eigenvalue weighted by Gasteiger charge is -2.24. The van der Waals surface area contributed by atoms with Crippen molar-refractivity contribution in [2.75, 3.05) is 56.9 Å². The molecule has 0 aromatic heterocycles. The molecule has 1 atom stereocenters. The average Bonchev–Trinajstić information content (AvgIpc) is 2.69. The first-order valence-corrected chi connectivity index (χ1v) is 12.0. The molecule has 0 fully saturated rings. The molecule has 0 radical (unpaired) electrons. The predicted molar refractivity (Wildman–Crippen MR) is 133 cm³/mol. The number of carbonyl (C=O) groups excluding carboxylic acids is 2. The maximum Gasteiger partial charge on any atom is 0.408 e. The van der Waals surface area contributed by atoms with E-state index in [1.54, 1.807) is 20.8 Å². The van der Waals surface area contributed by atoms with E-state index in [9.17, 15) is 9.59 Å². The van der Waals surface area contributed by atoms with Crippen molar-refractivity contribution in [3.05, 3.63) is 29.8 Å². The number of amides is 2. The molecule has 0 aliphatic carbocycles. The number of hydrogen-bond acceptors (Lipinski definition) is 5. The molecule has 0 saturated heterocycles. The highest BCUT2D eigenvalue weighted by molar-refractivity contribution is 6.18. The molecule has 32 heavy (non-hydrogen) atoms. The average molecular weight is 489 g/mol. The SMILES string of the molecule is CN(C)CCCNC(=O)[C@H](Cc1ccc(N(CCCl)CCCl)cc1)NC(=O)OC(C)(C)C. The molecule has 0 saturated carbocycles. The second kappa shape index (κ2) is 14.4. The van der Waals surface area contributed by atoms with Gasteiger partial charge in [-0.2, -0.15) is 0 Å². The van der Waals surface area contributed by atoms with Crippen LogP contribution in [-0.2, 0) is 16.0 Å². The molecule has 182 valence electrons. The third-order valence-electron chi connectivity index (χ3n) is 4.54. The number of halogens is 2. The molecule has 0 spiro atoms. The molecule has 0 bridgehead atoms. The summed E-state index contributed by atoms with van der Waals surface area (Å²) in [7, 11) is 3.97. The number of nitrogens with zero attached hydrogens (tertiary/aromatic N) is 2. The fourth-order valence-electron chi connectivity index (χ4n) is 3.04. The van der Waals surface area contributed by atoms with E-state index in [2.05, 4.69) is 20.4 Å². The van der Waals surface area contributed by atoms with Crippen LogP contribution >= 0.6 is 23.2 Å². The van der Waals surface area contributed by atoms with Gasteiger partial charge < -0.3 is 25.2 Å². The zero-order chi connectivity index (χ0) is 24.1. The Bertz CT molecular complexity index is 687. The summed E-state index contributed by atoms with van der Waals surface area (Å²) in [5, 5.41) is 5.64. The van der Waals surface area contributed by atoms with Gasteiger partial charge in [-0.15, -0.1) is 23.2 Å². The van der Waals surface area contributed by atoms with Gasteiger partial charge in [-0.1, -0.05) is 12.1 Å². The predicted octanol–water partition coefficient (Wildman–Crippen LogP) is 3.47. The Balaban J connectivity index is 2.86. The van der Waals surface area contributed by atoms with Gasteiger partial charge in [0.05, 0.1) is 0 Å². The van der Waals surface area contributed by atoms with Crippen LogP contribution in [0.5, 0.6) is 0 Å². The van der Waals surface area contributed by atoms with Gasteiger partial charge in [0.15, 0.2) is 0 Å². The molecule has 0 aliphatic rings. The monoisotopic (exact) mass is 488 g/mol. The van der Waals surface area contributed by atoms with Crippen molar-refractivity contribution in [2.45, 2.75) is 45.3 Å². The summed E-state index contributed by atoms with van der Waals surface area (Å²) in [4.78, 5) is 29.3. The Kier molecular flexibility index (Phi) is 12.8. The molecule has 1 rings (SSSR count). The number of benzene rings is 1. The lowest BCUT2D eigenvalue weighted by molar-refractivity contribution is -0.123. The molecule has 1 aromatic carbocycles. The minimum atomic E-state index is -0.739. The number of rotatable bonds is 13. The largest absolute Gasteiger partial charge is 0.444 e. The fourth-order valence-corrected chi connectivity index (χ4v) is 3.45. The second-order valence-corrected chi connectivity index (χ2v) is 9.64. The molecule has 2 amide bonds. The van der Waals surface area contributed by atoms with E-state index >= 15 is 0 Å². The molecule has 9 heteroatoms.